The van der Waals surface area contributed by atoms with Crippen LogP contribution in [0.3, 0.4) is 0 Å². The van der Waals surface area contributed by atoms with Crippen molar-refractivity contribution >= 4 is 22.7 Å². The normalized spacial score (nSPS) is 11.0. The molecule has 1 amide bonds. The highest BCUT2D eigenvalue weighted by molar-refractivity contribution is 5.89. The molecule has 4 rings (SSSR count). The molecule has 8 heteroatoms. The van der Waals surface area contributed by atoms with Gasteiger partial charge in [-0.3, -0.25) is 4.79 Å². The smallest absolute Gasteiger partial charge is 0.224 e. The Bertz CT molecular complexity index is 1360. The van der Waals surface area contributed by atoms with Gasteiger partial charge in [0.1, 0.15) is 28.9 Å². The number of aromatic nitrogens is 2. The number of carbonyl (C=O) groups excluding carboxylic acids is 1. The summed E-state index contributed by atoms with van der Waals surface area (Å²) in [5, 5.41) is 17.8. The molecule has 3 N–H and O–H groups in total. The van der Waals surface area contributed by atoms with E-state index in [4.69, 9.17) is 10.2 Å². The van der Waals surface area contributed by atoms with Crippen LogP contribution in [0.4, 0.5) is 10.2 Å². The number of aryl methyl sites for hydroxylation is 3. The van der Waals surface area contributed by atoms with Crippen LogP contribution >= 0.6 is 0 Å². The highest BCUT2D eigenvalue weighted by atomic mass is 19.1. The summed E-state index contributed by atoms with van der Waals surface area (Å²) in [5.74, 6) is -0.261. The standard InChI is InChI=1S/C25H24FN5O2/c1-15-5-10-20-17(14-33-24(20)16(15)2)12-23(32)29-11-3-4-22-21(13-27)25(28)31(30-22)19-8-6-18(26)7-9-19/h5-10,14H,3-4,11-12,28H2,1-2H3,(H,29,32). The van der Waals surface area contributed by atoms with E-state index < -0.39 is 0 Å². The quantitative estimate of drug-likeness (QED) is 0.416. The zero-order chi connectivity index (χ0) is 23.5. The maximum Gasteiger partial charge on any atom is 0.224 e. The molecule has 0 aliphatic carbocycles. The first-order valence-electron chi connectivity index (χ1n) is 10.7. The third-order valence-electron chi connectivity index (χ3n) is 5.78. The zero-order valence-electron chi connectivity index (χ0n) is 18.5. The Morgan fingerprint density at radius 3 is 2.73 bits per heavy atom. The van der Waals surface area contributed by atoms with Crippen LogP contribution in [-0.2, 0) is 17.6 Å². The molecule has 0 aliphatic heterocycles. The summed E-state index contributed by atoms with van der Waals surface area (Å²) in [7, 11) is 0. The maximum atomic E-state index is 13.2. The summed E-state index contributed by atoms with van der Waals surface area (Å²) >= 11 is 0. The number of halogens is 1. The van der Waals surface area contributed by atoms with Gasteiger partial charge in [-0.05, 0) is 62.1 Å². The van der Waals surface area contributed by atoms with Crippen LogP contribution in [0.2, 0.25) is 0 Å². The molecule has 2 aromatic carbocycles. The summed E-state index contributed by atoms with van der Waals surface area (Å²) < 4.78 is 20.3. The monoisotopic (exact) mass is 445 g/mol. The number of furan rings is 1. The van der Waals surface area contributed by atoms with E-state index in [1.165, 1.54) is 16.8 Å². The molecule has 0 atom stereocenters. The molecule has 0 saturated heterocycles. The summed E-state index contributed by atoms with van der Waals surface area (Å²) in [4.78, 5) is 12.4. The molecule has 0 unspecified atom stereocenters. The first-order valence-corrected chi connectivity index (χ1v) is 10.7. The number of anilines is 1. The Morgan fingerprint density at radius 2 is 2.00 bits per heavy atom. The highest BCUT2D eigenvalue weighted by Gasteiger charge is 2.17. The second-order valence-electron chi connectivity index (χ2n) is 7.98. The van der Waals surface area contributed by atoms with Crippen molar-refractivity contribution < 1.29 is 13.6 Å². The van der Waals surface area contributed by atoms with Gasteiger partial charge in [0, 0.05) is 17.5 Å². The Kier molecular flexibility index (Phi) is 6.13. The summed E-state index contributed by atoms with van der Waals surface area (Å²) in [5.41, 5.74) is 11.4. The minimum atomic E-state index is -0.366. The molecule has 168 valence electrons. The van der Waals surface area contributed by atoms with E-state index >= 15 is 0 Å². The van der Waals surface area contributed by atoms with E-state index in [9.17, 15) is 14.4 Å². The molecule has 0 bridgehead atoms. The van der Waals surface area contributed by atoms with Crippen molar-refractivity contribution in [3.63, 3.8) is 0 Å². The Labute approximate surface area is 190 Å². The fraction of sp³-hybridized carbons (Fsp3) is 0.240. The van der Waals surface area contributed by atoms with Crippen molar-refractivity contribution in [2.75, 3.05) is 12.3 Å². The van der Waals surface area contributed by atoms with Crippen LogP contribution in [0.1, 0.15) is 34.4 Å². The van der Waals surface area contributed by atoms with Crippen LogP contribution in [0, 0.1) is 31.0 Å². The number of fused-ring (bicyclic) bond motifs is 1. The molecular formula is C25H24FN5O2. The van der Waals surface area contributed by atoms with Gasteiger partial charge < -0.3 is 15.5 Å². The van der Waals surface area contributed by atoms with E-state index in [0.717, 1.165) is 27.7 Å². The fourth-order valence-electron chi connectivity index (χ4n) is 3.80. The minimum Gasteiger partial charge on any atom is -0.464 e. The van der Waals surface area contributed by atoms with Gasteiger partial charge in [-0.2, -0.15) is 10.4 Å². The van der Waals surface area contributed by atoms with Crippen LogP contribution in [0.25, 0.3) is 16.7 Å². The second-order valence-corrected chi connectivity index (χ2v) is 7.98. The van der Waals surface area contributed by atoms with E-state index in [-0.39, 0.29) is 24.0 Å². The van der Waals surface area contributed by atoms with E-state index in [1.807, 2.05) is 26.0 Å². The highest BCUT2D eigenvalue weighted by Crippen LogP contribution is 2.27. The number of amides is 1. The fourth-order valence-corrected chi connectivity index (χ4v) is 3.80. The maximum absolute atomic E-state index is 13.2. The summed E-state index contributed by atoms with van der Waals surface area (Å²) in [6.45, 7) is 4.46. The molecule has 0 radical (unpaired) electrons. The van der Waals surface area contributed by atoms with E-state index in [2.05, 4.69) is 16.5 Å². The van der Waals surface area contributed by atoms with Crippen molar-refractivity contribution in [2.45, 2.75) is 33.1 Å². The predicted octanol–water partition coefficient (Wildman–Crippen LogP) is 4.12. The number of hydrogen-bond acceptors (Lipinski definition) is 5. The van der Waals surface area contributed by atoms with Gasteiger partial charge in [0.25, 0.3) is 0 Å². The van der Waals surface area contributed by atoms with Crippen LogP contribution in [-0.4, -0.2) is 22.2 Å². The molecule has 0 saturated carbocycles. The van der Waals surface area contributed by atoms with Gasteiger partial charge in [-0.15, -0.1) is 0 Å². The van der Waals surface area contributed by atoms with E-state index in [0.29, 0.717) is 36.3 Å². The molecule has 2 heterocycles. The van der Waals surface area contributed by atoms with Crippen LogP contribution in [0.15, 0.2) is 47.1 Å². The summed E-state index contributed by atoms with van der Waals surface area (Å²) in [6.07, 6.45) is 2.92. The molecule has 0 aliphatic rings. The molecule has 0 fully saturated rings. The lowest BCUT2D eigenvalue weighted by Crippen LogP contribution is -2.26. The largest absolute Gasteiger partial charge is 0.464 e. The molecule has 4 aromatic rings. The zero-order valence-corrected chi connectivity index (χ0v) is 18.5. The molecule has 0 spiro atoms. The number of carbonyl (C=O) groups is 1. The number of nitrogens with zero attached hydrogens (tertiary/aromatic N) is 3. The lowest BCUT2D eigenvalue weighted by Gasteiger charge is -2.05. The number of nitrogens with two attached hydrogens (primary N) is 1. The Balaban J connectivity index is 1.36. The number of rotatable bonds is 7. The van der Waals surface area contributed by atoms with Gasteiger partial charge in [-0.1, -0.05) is 12.1 Å². The van der Waals surface area contributed by atoms with Crippen LogP contribution in [0.5, 0.6) is 0 Å². The van der Waals surface area contributed by atoms with E-state index in [1.54, 1.807) is 18.4 Å². The molecular weight excluding hydrogens is 421 g/mol. The SMILES string of the molecule is Cc1ccc2c(CC(=O)NCCCc3nn(-c4ccc(F)cc4)c(N)c3C#N)coc2c1C. The topological polar surface area (TPSA) is 110 Å². The van der Waals surface area contributed by atoms with Gasteiger partial charge in [-0.25, -0.2) is 9.07 Å². The van der Waals surface area contributed by atoms with Crippen molar-refractivity contribution in [1.29, 1.82) is 5.26 Å². The number of nitrogens with one attached hydrogen (secondary N) is 1. The lowest BCUT2D eigenvalue weighted by atomic mass is 10.0. The predicted molar refractivity (Wildman–Crippen MR) is 123 cm³/mol. The third kappa shape index (κ3) is 4.44. The van der Waals surface area contributed by atoms with Crippen molar-refractivity contribution in [1.82, 2.24) is 15.1 Å². The van der Waals surface area contributed by atoms with Gasteiger partial charge in [0.15, 0.2) is 0 Å². The molecule has 7 nitrogen and oxygen atoms in total. The first-order chi connectivity index (χ1) is 15.9. The van der Waals surface area contributed by atoms with Gasteiger partial charge >= 0.3 is 0 Å². The van der Waals surface area contributed by atoms with Crippen molar-refractivity contribution in [3.8, 4) is 11.8 Å². The average molecular weight is 445 g/mol. The number of nitrogen functional groups attached to an aromatic ring is 1. The summed E-state index contributed by atoms with van der Waals surface area (Å²) in [6, 6.07) is 11.8. The van der Waals surface area contributed by atoms with Crippen molar-refractivity contribution in [2.24, 2.45) is 0 Å². The molecule has 2 aromatic heterocycles. The van der Waals surface area contributed by atoms with Gasteiger partial charge in [0.2, 0.25) is 5.91 Å². The average Bonchev–Trinajstić information content (AvgIpc) is 3.35. The number of nitriles is 1. The number of benzene rings is 2. The van der Waals surface area contributed by atoms with Gasteiger partial charge in [0.05, 0.1) is 24.1 Å². The Hall–Kier alpha value is -4.12. The number of hydrogen-bond donors (Lipinski definition) is 2. The van der Waals surface area contributed by atoms with Crippen LogP contribution < -0.4 is 11.1 Å². The Morgan fingerprint density at radius 1 is 1.24 bits per heavy atom. The minimum absolute atomic E-state index is 0.104. The second kappa shape index (κ2) is 9.17. The molecule has 33 heavy (non-hydrogen) atoms. The third-order valence-corrected chi connectivity index (χ3v) is 5.78. The lowest BCUT2D eigenvalue weighted by molar-refractivity contribution is -0.120. The van der Waals surface area contributed by atoms with Crippen molar-refractivity contribution in [3.05, 3.63) is 76.4 Å². The first kappa shape index (κ1) is 22.1.